The van der Waals surface area contributed by atoms with Gasteiger partial charge in [-0.25, -0.2) is 15.0 Å². The van der Waals surface area contributed by atoms with Gasteiger partial charge in [0.15, 0.2) is 23.1 Å². The zero-order valence-corrected chi connectivity index (χ0v) is 34.5. The second kappa shape index (κ2) is 12.9. The van der Waals surface area contributed by atoms with Crippen molar-refractivity contribution in [3.05, 3.63) is 182 Å². The van der Waals surface area contributed by atoms with Gasteiger partial charge in [0, 0.05) is 78.6 Å². The number of hydrogen-bond acceptors (Lipinski definition) is 6. The SMILES string of the molecule is c1ccc2cc3c(cc2c1)c1ccccc1n3-c1c(-c2nc(-c3cccc4sc5ccccc5c34)nc(-c3cccc4sc5ccccc5c34)n2)ccc2c1oc1ccccc12. The Hall–Kier alpha value is -7.71. The molecule has 62 heavy (non-hydrogen) atoms. The van der Waals surface area contributed by atoms with Crippen LogP contribution in [0.15, 0.2) is 186 Å². The van der Waals surface area contributed by atoms with Gasteiger partial charge < -0.3 is 8.98 Å². The summed E-state index contributed by atoms with van der Waals surface area (Å²) in [6.07, 6.45) is 0. The Morgan fingerprint density at radius 3 is 1.58 bits per heavy atom. The molecule has 5 heterocycles. The maximum atomic E-state index is 6.99. The lowest BCUT2D eigenvalue weighted by atomic mass is 10.0. The number of nitrogens with zero attached hydrogens (tertiary/aromatic N) is 4. The minimum atomic E-state index is 0.571. The van der Waals surface area contributed by atoms with Crippen LogP contribution in [0.4, 0.5) is 0 Å². The van der Waals surface area contributed by atoms with Gasteiger partial charge in [-0.1, -0.05) is 121 Å². The van der Waals surface area contributed by atoms with Crippen molar-refractivity contribution in [2.45, 2.75) is 0 Å². The molecule has 0 aliphatic heterocycles. The Morgan fingerprint density at radius 1 is 0.371 bits per heavy atom. The number of furan rings is 1. The number of aromatic nitrogens is 4. The van der Waals surface area contributed by atoms with Crippen molar-refractivity contribution in [2.24, 2.45) is 0 Å². The van der Waals surface area contributed by atoms with Crippen molar-refractivity contribution in [1.29, 1.82) is 0 Å². The average molecular weight is 827 g/mol. The molecule has 14 aromatic rings. The minimum Gasteiger partial charge on any atom is -0.454 e. The third-order valence-electron chi connectivity index (χ3n) is 12.4. The first-order valence-electron chi connectivity index (χ1n) is 20.7. The summed E-state index contributed by atoms with van der Waals surface area (Å²) in [5.41, 5.74) is 7.45. The molecule has 0 atom stereocenters. The van der Waals surface area contributed by atoms with Crippen molar-refractivity contribution < 1.29 is 4.42 Å². The summed E-state index contributed by atoms with van der Waals surface area (Å²) in [5, 5.41) is 11.5. The first-order valence-corrected chi connectivity index (χ1v) is 22.3. The predicted octanol–water partition coefficient (Wildman–Crippen LogP) is 15.8. The van der Waals surface area contributed by atoms with Crippen LogP contribution in [0, 0.1) is 0 Å². The summed E-state index contributed by atoms with van der Waals surface area (Å²) in [7, 11) is 0. The van der Waals surface area contributed by atoms with Gasteiger partial charge in [0.05, 0.1) is 11.0 Å². The zero-order chi connectivity index (χ0) is 40.5. The lowest BCUT2D eigenvalue weighted by Crippen LogP contribution is -2.04. The number of hydrogen-bond donors (Lipinski definition) is 0. The normalized spacial score (nSPS) is 12.2. The Labute approximate surface area is 361 Å². The molecule has 0 fully saturated rings. The highest BCUT2D eigenvalue weighted by molar-refractivity contribution is 7.26. The van der Waals surface area contributed by atoms with Crippen LogP contribution in [0.3, 0.4) is 0 Å². The van der Waals surface area contributed by atoms with E-state index in [9.17, 15) is 0 Å². The van der Waals surface area contributed by atoms with E-state index < -0.39 is 0 Å². The molecular formula is C55H30N4OS2. The number of benzene rings is 9. The van der Waals surface area contributed by atoms with E-state index in [1.807, 2.05) is 6.07 Å². The summed E-state index contributed by atoms with van der Waals surface area (Å²) in [6, 6.07) is 64.7. The van der Waals surface area contributed by atoms with Gasteiger partial charge in [-0.2, -0.15) is 0 Å². The molecular weight excluding hydrogens is 797 g/mol. The van der Waals surface area contributed by atoms with Crippen molar-refractivity contribution in [1.82, 2.24) is 19.5 Å². The molecule has 5 nitrogen and oxygen atoms in total. The second-order valence-electron chi connectivity index (χ2n) is 15.9. The molecule has 5 aromatic heterocycles. The molecule has 0 N–H and O–H groups in total. The number of thiophene rings is 2. The molecule has 0 bridgehead atoms. The fraction of sp³-hybridized carbons (Fsp3) is 0. The largest absolute Gasteiger partial charge is 0.454 e. The summed E-state index contributed by atoms with van der Waals surface area (Å²) in [5.74, 6) is 1.82. The van der Waals surface area contributed by atoms with Crippen LogP contribution < -0.4 is 0 Å². The molecule has 7 heteroatoms. The van der Waals surface area contributed by atoms with Crippen LogP contribution in [0.2, 0.25) is 0 Å². The Balaban J connectivity index is 1.14. The number of para-hydroxylation sites is 2. The number of rotatable bonds is 4. The van der Waals surface area contributed by atoms with Crippen molar-refractivity contribution >= 4 is 118 Å². The molecule has 0 radical (unpaired) electrons. The van der Waals surface area contributed by atoms with Gasteiger partial charge in [0.2, 0.25) is 0 Å². The van der Waals surface area contributed by atoms with Gasteiger partial charge in [-0.15, -0.1) is 22.7 Å². The van der Waals surface area contributed by atoms with Crippen LogP contribution in [-0.4, -0.2) is 19.5 Å². The average Bonchev–Trinajstić information content (AvgIpc) is 4.09. The van der Waals surface area contributed by atoms with Crippen LogP contribution in [0.5, 0.6) is 0 Å². The predicted molar refractivity (Wildman–Crippen MR) is 261 cm³/mol. The van der Waals surface area contributed by atoms with Gasteiger partial charge in [0.1, 0.15) is 11.3 Å². The Kier molecular flexibility index (Phi) is 7.08. The van der Waals surface area contributed by atoms with E-state index in [2.05, 4.69) is 180 Å². The van der Waals surface area contributed by atoms with E-state index in [1.54, 1.807) is 22.7 Å². The molecule has 14 rings (SSSR count). The van der Waals surface area contributed by atoms with E-state index >= 15 is 0 Å². The fourth-order valence-corrected chi connectivity index (χ4v) is 12.0. The first-order chi connectivity index (χ1) is 30.7. The molecule has 0 aliphatic carbocycles. The summed E-state index contributed by atoms with van der Waals surface area (Å²) in [4.78, 5) is 16.5. The molecule has 0 amide bonds. The van der Waals surface area contributed by atoms with Crippen LogP contribution in [-0.2, 0) is 0 Å². The molecule has 0 aliphatic rings. The maximum absolute atomic E-state index is 6.99. The third-order valence-corrected chi connectivity index (χ3v) is 14.7. The summed E-state index contributed by atoms with van der Waals surface area (Å²) in [6.45, 7) is 0. The van der Waals surface area contributed by atoms with E-state index in [0.29, 0.717) is 17.5 Å². The van der Waals surface area contributed by atoms with Gasteiger partial charge in [0.25, 0.3) is 0 Å². The Morgan fingerprint density at radius 2 is 0.903 bits per heavy atom. The maximum Gasteiger partial charge on any atom is 0.166 e. The van der Waals surface area contributed by atoms with Crippen molar-refractivity contribution in [3.63, 3.8) is 0 Å². The smallest absolute Gasteiger partial charge is 0.166 e. The van der Waals surface area contributed by atoms with Crippen LogP contribution in [0.1, 0.15) is 0 Å². The third kappa shape index (κ3) is 4.86. The lowest BCUT2D eigenvalue weighted by molar-refractivity contribution is 0.666. The quantitative estimate of drug-likeness (QED) is 0.177. The van der Waals surface area contributed by atoms with Gasteiger partial charge in [-0.05, 0) is 71.4 Å². The summed E-state index contributed by atoms with van der Waals surface area (Å²) >= 11 is 3.59. The zero-order valence-electron chi connectivity index (χ0n) is 32.8. The van der Waals surface area contributed by atoms with Crippen LogP contribution >= 0.6 is 22.7 Å². The van der Waals surface area contributed by atoms with E-state index in [4.69, 9.17) is 19.4 Å². The van der Waals surface area contributed by atoms with Crippen LogP contribution in [0.25, 0.3) is 135 Å². The van der Waals surface area contributed by atoms with Crippen molar-refractivity contribution in [3.8, 4) is 39.9 Å². The molecule has 0 saturated carbocycles. The second-order valence-corrected chi connectivity index (χ2v) is 18.0. The molecule has 9 aromatic carbocycles. The highest BCUT2D eigenvalue weighted by atomic mass is 32.1. The molecule has 288 valence electrons. The standard InChI is InChI=1S/C55H30N4OS2/c1-2-14-32-30-43-41(29-31(32)13-1)33-15-3-7-21-42(33)59(43)51-40(28-27-35-34-16-4-8-22-44(34)60-52(35)51)55-57-53(38-19-11-25-47-49(38)36-17-5-9-23-45(36)61-47)56-54(58-55)39-20-12-26-48-50(39)37-18-6-10-24-46(37)62-48/h1-30H. The summed E-state index contributed by atoms with van der Waals surface area (Å²) < 4.78 is 14.2. The van der Waals surface area contributed by atoms with E-state index in [-0.39, 0.29) is 0 Å². The lowest BCUT2D eigenvalue weighted by Gasteiger charge is -2.16. The minimum absolute atomic E-state index is 0.571. The highest BCUT2D eigenvalue weighted by Crippen LogP contribution is 2.46. The van der Waals surface area contributed by atoms with E-state index in [1.165, 1.54) is 45.7 Å². The Bertz CT molecular complexity index is 4060. The monoisotopic (exact) mass is 826 g/mol. The number of fused-ring (bicyclic) bond motifs is 13. The molecule has 0 unspecified atom stereocenters. The molecule has 0 saturated heterocycles. The first kappa shape index (κ1) is 34.0. The highest BCUT2D eigenvalue weighted by Gasteiger charge is 2.26. The fourth-order valence-electron chi connectivity index (χ4n) is 9.73. The van der Waals surface area contributed by atoms with Gasteiger partial charge in [-0.3, -0.25) is 0 Å². The van der Waals surface area contributed by atoms with E-state index in [0.717, 1.165) is 71.5 Å². The van der Waals surface area contributed by atoms with Crippen molar-refractivity contribution in [2.75, 3.05) is 0 Å². The topological polar surface area (TPSA) is 56.7 Å². The molecule has 0 spiro atoms. The van der Waals surface area contributed by atoms with Gasteiger partial charge >= 0.3 is 0 Å².